The fourth-order valence-electron chi connectivity index (χ4n) is 1.18. The van der Waals surface area contributed by atoms with E-state index < -0.39 is 0 Å². The summed E-state index contributed by atoms with van der Waals surface area (Å²) >= 11 is 4.61. The molecule has 0 aromatic rings. The molecule has 0 radical (unpaired) electrons. The minimum absolute atomic E-state index is 0.101. The van der Waals surface area contributed by atoms with Crippen LogP contribution >= 0.6 is 27.7 Å². The predicted octanol–water partition coefficient (Wildman–Crippen LogP) is 2.42. The molecule has 5 heteroatoms. The first-order valence-corrected chi connectivity index (χ1v) is 5.72. The van der Waals surface area contributed by atoms with Crippen molar-refractivity contribution in [3.05, 3.63) is 20.9 Å². The molecule has 0 aromatic heterocycles. The fraction of sp³-hybridized carbons (Fsp3) is 0.500. The molecule has 0 bridgehead atoms. The summed E-state index contributed by atoms with van der Waals surface area (Å²) in [6.45, 7) is 1.83. The Labute approximate surface area is 89.7 Å². The van der Waals surface area contributed by atoms with Gasteiger partial charge in [0, 0.05) is 16.7 Å². The zero-order chi connectivity index (χ0) is 10.0. The average molecular weight is 267 g/mol. The van der Waals surface area contributed by atoms with Gasteiger partial charge in [-0.25, -0.2) is 4.39 Å². The Morgan fingerprint density at radius 2 is 2.31 bits per heavy atom. The molecule has 1 aliphatic rings. The second-order valence-corrected chi connectivity index (χ2v) is 4.82. The molecule has 0 spiro atoms. The highest BCUT2D eigenvalue weighted by atomic mass is 79.9. The molecule has 4 N–H and O–H groups in total. The van der Waals surface area contributed by atoms with E-state index in [9.17, 15) is 4.39 Å². The van der Waals surface area contributed by atoms with Crippen molar-refractivity contribution in [2.24, 2.45) is 17.4 Å². The second kappa shape index (κ2) is 4.48. The molecule has 2 nitrogen and oxygen atoms in total. The third-order valence-corrected chi connectivity index (χ3v) is 3.64. The lowest BCUT2D eigenvalue weighted by atomic mass is 10.0. The van der Waals surface area contributed by atoms with Crippen molar-refractivity contribution in [1.29, 1.82) is 0 Å². The Morgan fingerprint density at radius 1 is 1.69 bits per heavy atom. The molecule has 1 unspecified atom stereocenters. The fourth-order valence-corrected chi connectivity index (χ4v) is 2.77. The molecular formula is C8H12BrFN2S. The highest BCUT2D eigenvalue weighted by Crippen LogP contribution is 2.39. The SMILES string of the molecule is CC1CC(SCN)=C(N)C(Br)=C1F. The molecule has 0 saturated carbocycles. The molecule has 0 saturated heterocycles. The van der Waals surface area contributed by atoms with Gasteiger partial charge in [0.05, 0.1) is 10.2 Å². The van der Waals surface area contributed by atoms with E-state index in [1.54, 1.807) is 0 Å². The zero-order valence-corrected chi connectivity index (χ0v) is 9.71. The zero-order valence-electron chi connectivity index (χ0n) is 7.31. The van der Waals surface area contributed by atoms with E-state index in [4.69, 9.17) is 11.5 Å². The summed E-state index contributed by atoms with van der Waals surface area (Å²) in [6.07, 6.45) is 0.647. The lowest BCUT2D eigenvalue weighted by molar-refractivity contribution is 0.484. The van der Waals surface area contributed by atoms with Gasteiger partial charge >= 0.3 is 0 Å². The van der Waals surface area contributed by atoms with E-state index >= 15 is 0 Å². The number of hydrogen-bond donors (Lipinski definition) is 2. The van der Waals surface area contributed by atoms with Gasteiger partial charge in [0.1, 0.15) is 5.83 Å². The maximum Gasteiger partial charge on any atom is 0.119 e. The number of nitrogens with two attached hydrogens (primary N) is 2. The van der Waals surface area contributed by atoms with Crippen LogP contribution in [0.2, 0.25) is 0 Å². The predicted molar refractivity (Wildman–Crippen MR) is 58.7 cm³/mol. The van der Waals surface area contributed by atoms with Gasteiger partial charge in [-0.2, -0.15) is 0 Å². The van der Waals surface area contributed by atoms with Crippen LogP contribution in [0.3, 0.4) is 0 Å². The summed E-state index contributed by atoms with van der Waals surface area (Å²) in [7, 11) is 0. The quantitative estimate of drug-likeness (QED) is 0.755. The van der Waals surface area contributed by atoms with E-state index in [0.29, 0.717) is 22.5 Å². The summed E-state index contributed by atoms with van der Waals surface area (Å²) in [4.78, 5) is 0.975. The molecule has 0 fully saturated rings. The van der Waals surface area contributed by atoms with E-state index in [-0.39, 0.29) is 11.7 Å². The van der Waals surface area contributed by atoms with Crippen LogP contribution in [-0.4, -0.2) is 5.88 Å². The summed E-state index contributed by atoms with van der Waals surface area (Å²) in [5.74, 6) is 0.208. The Bertz CT molecular complexity index is 275. The molecule has 74 valence electrons. The Morgan fingerprint density at radius 3 is 2.85 bits per heavy atom. The maximum atomic E-state index is 13.3. The molecule has 13 heavy (non-hydrogen) atoms. The van der Waals surface area contributed by atoms with E-state index in [0.717, 1.165) is 4.91 Å². The normalized spacial score (nSPS) is 24.2. The summed E-state index contributed by atoms with van der Waals surface area (Å²) in [5, 5.41) is 0. The molecular weight excluding hydrogens is 255 g/mol. The van der Waals surface area contributed by atoms with Gasteiger partial charge in [-0.3, -0.25) is 0 Å². The number of halogens is 2. The lowest BCUT2D eigenvalue weighted by Gasteiger charge is -2.21. The summed E-state index contributed by atoms with van der Waals surface area (Å²) in [6, 6.07) is 0. The molecule has 1 rings (SSSR count). The van der Waals surface area contributed by atoms with Crippen LogP contribution < -0.4 is 11.5 Å². The van der Waals surface area contributed by atoms with Crippen molar-refractivity contribution >= 4 is 27.7 Å². The van der Waals surface area contributed by atoms with Gasteiger partial charge in [0.25, 0.3) is 0 Å². The van der Waals surface area contributed by atoms with Crippen molar-refractivity contribution in [3.63, 3.8) is 0 Å². The Hall–Kier alpha value is -0.0000000000000000555. The van der Waals surface area contributed by atoms with Crippen LogP contribution in [0, 0.1) is 5.92 Å². The van der Waals surface area contributed by atoms with Gasteiger partial charge in [0.2, 0.25) is 0 Å². The van der Waals surface area contributed by atoms with Crippen LogP contribution in [0.15, 0.2) is 20.9 Å². The first-order chi connectivity index (χ1) is 6.07. The third kappa shape index (κ3) is 2.27. The molecule has 0 aromatic carbocycles. The van der Waals surface area contributed by atoms with Crippen LogP contribution in [0.5, 0.6) is 0 Å². The van der Waals surface area contributed by atoms with Crippen molar-refractivity contribution in [2.45, 2.75) is 13.3 Å². The first kappa shape index (κ1) is 11.1. The number of hydrogen-bond acceptors (Lipinski definition) is 3. The van der Waals surface area contributed by atoms with Crippen LogP contribution in [0.25, 0.3) is 0 Å². The van der Waals surface area contributed by atoms with Crippen LogP contribution in [0.1, 0.15) is 13.3 Å². The topological polar surface area (TPSA) is 52.0 Å². The first-order valence-electron chi connectivity index (χ1n) is 3.95. The number of thioether (sulfide) groups is 1. The monoisotopic (exact) mass is 266 g/mol. The number of allylic oxidation sites excluding steroid dienone is 3. The van der Waals surface area contributed by atoms with Gasteiger partial charge in [0.15, 0.2) is 0 Å². The van der Waals surface area contributed by atoms with Crippen molar-refractivity contribution < 1.29 is 4.39 Å². The standard InChI is InChI=1S/C8H12BrFN2S/c1-4-2-5(13-3-11)8(12)6(9)7(4)10/h4H,2-3,11-12H2,1H3. The molecule has 1 atom stereocenters. The highest BCUT2D eigenvalue weighted by molar-refractivity contribution is 9.12. The highest BCUT2D eigenvalue weighted by Gasteiger charge is 2.24. The average Bonchev–Trinajstić information content (AvgIpc) is 2.11. The van der Waals surface area contributed by atoms with Crippen molar-refractivity contribution in [2.75, 3.05) is 5.88 Å². The van der Waals surface area contributed by atoms with Gasteiger partial charge in [-0.05, 0) is 22.4 Å². The van der Waals surface area contributed by atoms with Crippen molar-refractivity contribution in [3.8, 4) is 0 Å². The molecule has 0 aliphatic heterocycles. The van der Waals surface area contributed by atoms with Crippen LogP contribution in [-0.2, 0) is 0 Å². The summed E-state index contributed by atoms with van der Waals surface area (Å²) in [5.41, 5.74) is 11.6. The van der Waals surface area contributed by atoms with E-state index in [1.807, 2.05) is 6.92 Å². The largest absolute Gasteiger partial charge is 0.397 e. The Balaban J connectivity index is 2.96. The summed E-state index contributed by atoms with van der Waals surface area (Å²) < 4.78 is 13.7. The van der Waals surface area contributed by atoms with E-state index in [2.05, 4.69) is 15.9 Å². The van der Waals surface area contributed by atoms with Crippen molar-refractivity contribution in [1.82, 2.24) is 0 Å². The smallest absolute Gasteiger partial charge is 0.119 e. The van der Waals surface area contributed by atoms with Crippen LogP contribution in [0.4, 0.5) is 4.39 Å². The molecule has 0 amide bonds. The molecule has 1 aliphatic carbocycles. The number of rotatable bonds is 2. The minimum Gasteiger partial charge on any atom is -0.397 e. The molecule has 0 heterocycles. The second-order valence-electron chi connectivity index (χ2n) is 2.91. The van der Waals surface area contributed by atoms with Gasteiger partial charge in [-0.15, -0.1) is 11.8 Å². The minimum atomic E-state index is -0.168. The Kier molecular flexibility index (Phi) is 3.82. The van der Waals surface area contributed by atoms with Gasteiger partial charge in [-0.1, -0.05) is 6.92 Å². The van der Waals surface area contributed by atoms with Gasteiger partial charge < -0.3 is 11.5 Å². The lowest BCUT2D eigenvalue weighted by Crippen LogP contribution is -2.13. The maximum absolute atomic E-state index is 13.3. The van der Waals surface area contributed by atoms with E-state index in [1.165, 1.54) is 11.8 Å². The third-order valence-electron chi connectivity index (χ3n) is 1.93.